The SMILES string of the molecule is CCOC(=O)c1c(CCCOc2cccc3ccccc23)c2cccc3c2n1CCCCOCc1c-3c(COc2ccc(N3CCN(C(=O)OC(C)(C)C)CC3)cc2)nn1C. The van der Waals surface area contributed by atoms with Crippen LogP contribution < -0.4 is 14.4 Å². The number of ether oxygens (including phenoxy) is 5. The molecular weight excluding hydrogens is 771 g/mol. The van der Waals surface area contributed by atoms with Gasteiger partial charge in [-0.15, -0.1) is 0 Å². The summed E-state index contributed by atoms with van der Waals surface area (Å²) in [5, 5.41) is 8.26. The minimum atomic E-state index is -0.519. The minimum Gasteiger partial charge on any atom is -0.493 e. The molecule has 0 bridgehead atoms. The van der Waals surface area contributed by atoms with Gasteiger partial charge in [0.15, 0.2) is 0 Å². The number of anilines is 1. The van der Waals surface area contributed by atoms with Crippen molar-refractivity contribution in [2.24, 2.45) is 7.05 Å². The molecule has 2 aliphatic rings. The lowest BCUT2D eigenvalue weighted by molar-refractivity contribution is 0.0240. The monoisotopic (exact) mass is 827 g/mol. The second kappa shape index (κ2) is 18.3. The van der Waals surface area contributed by atoms with E-state index in [0.29, 0.717) is 71.1 Å². The fourth-order valence-corrected chi connectivity index (χ4v) is 8.56. The predicted octanol–water partition coefficient (Wildman–Crippen LogP) is 9.33. The Labute approximate surface area is 357 Å². The van der Waals surface area contributed by atoms with Crippen molar-refractivity contribution in [2.75, 3.05) is 50.9 Å². The van der Waals surface area contributed by atoms with Gasteiger partial charge in [0.2, 0.25) is 0 Å². The molecule has 61 heavy (non-hydrogen) atoms. The number of fused-ring (bicyclic) bond motifs is 3. The van der Waals surface area contributed by atoms with Gasteiger partial charge in [-0.25, -0.2) is 9.59 Å². The van der Waals surface area contributed by atoms with E-state index in [1.54, 1.807) is 4.90 Å². The number of para-hydroxylation sites is 1. The molecule has 4 heterocycles. The van der Waals surface area contributed by atoms with E-state index < -0.39 is 5.60 Å². The molecule has 12 nitrogen and oxygen atoms in total. The maximum Gasteiger partial charge on any atom is 0.410 e. The largest absolute Gasteiger partial charge is 0.493 e. The summed E-state index contributed by atoms with van der Waals surface area (Å²) >= 11 is 0. The quantitative estimate of drug-likeness (QED) is 0.0933. The van der Waals surface area contributed by atoms with Crippen molar-refractivity contribution in [3.8, 4) is 22.6 Å². The highest BCUT2D eigenvalue weighted by Crippen LogP contribution is 2.40. The highest BCUT2D eigenvalue weighted by Gasteiger charge is 2.30. The molecule has 320 valence electrons. The number of aromatic nitrogens is 3. The standard InChI is InChI=1S/C49H57N5O7/c1-6-58-47(55)46-39(19-13-31-59-43-20-11-15-34-14-7-8-16-37(34)43)38-17-12-18-40-44-41(50-51(5)42(44)33-57-30-10-9-25-54(46)45(38)40)32-60-36-23-21-35(22-24-36)52-26-28-53(29-27-52)48(56)61-49(2,3)4/h7-8,11-12,14-18,20-24H,6,9-10,13,19,25-33H2,1-5H3. The van der Waals surface area contributed by atoms with Gasteiger partial charge in [0.05, 0.1) is 31.0 Å². The lowest BCUT2D eigenvalue weighted by atomic mass is 9.98. The van der Waals surface area contributed by atoms with Crippen molar-refractivity contribution in [3.63, 3.8) is 0 Å². The molecule has 0 N–H and O–H groups in total. The highest BCUT2D eigenvalue weighted by atomic mass is 16.6. The molecule has 0 unspecified atom stereocenters. The average molecular weight is 828 g/mol. The van der Waals surface area contributed by atoms with Gasteiger partial charge in [0.1, 0.15) is 35.1 Å². The van der Waals surface area contributed by atoms with Crippen LogP contribution in [0.1, 0.15) is 74.4 Å². The molecule has 1 saturated heterocycles. The van der Waals surface area contributed by atoms with Crippen LogP contribution >= 0.6 is 0 Å². The van der Waals surface area contributed by atoms with Gasteiger partial charge in [-0.05, 0) is 94.7 Å². The second-order valence-corrected chi connectivity index (χ2v) is 16.7. The minimum absolute atomic E-state index is 0.233. The number of piperazine rings is 1. The molecule has 0 radical (unpaired) electrons. The van der Waals surface area contributed by atoms with E-state index in [4.69, 9.17) is 28.8 Å². The first kappa shape index (κ1) is 41.7. The molecule has 6 aromatic rings. The first-order valence-corrected chi connectivity index (χ1v) is 21.6. The normalized spacial score (nSPS) is 14.7. The van der Waals surface area contributed by atoms with E-state index in [0.717, 1.165) is 79.8 Å². The molecule has 12 heteroatoms. The lowest BCUT2D eigenvalue weighted by Crippen LogP contribution is -2.50. The third kappa shape index (κ3) is 9.19. The Morgan fingerprint density at radius 2 is 1.59 bits per heavy atom. The van der Waals surface area contributed by atoms with E-state index in [9.17, 15) is 9.59 Å². The van der Waals surface area contributed by atoms with Crippen LogP contribution in [0.15, 0.2) is 84.9 Å². The summed E-state index contributed by atoms with van der Waals surface area (Å²) in [7, 11) is 1.95. The molecule has 0 spiro atoms. The number of carbonyl (C=O) groups excluding carboxylic acids is 2. The maximum atomic E-state index is 14.0. The molecular formula is C49H57N5O7. The van der Waals surface area contributed by atoms with Crippen molar-refractivity contribution in [3.05, 3.63) is 108 Å². The number of benzene rings is 4. The number of rotatable bonds is 11. The summed E-state index contributed by atoms with van der Waals surface area (Å²) in [6.45, 7) is 12.8. The van der Waals surface area contributed by atoms with E-state index in [1.165, 1.54) is 0 Å². The van der Waals surface area contributed by atoms with E-state index >= 15 is 0 Å². The number of hydrogen-bond donors (Lipinski definition) is 0. The van der Waals surface area contributed by atoms with Crippen molar-refractivity contribution >= 4 is 39.4 Å². The van der Waals surface area contributed by atoms with Crippen LogP contribution in [0.5, 0.6) is 11.5 Å². The lowest BCUT2D eigenvalue weighted by Gasteiger charge is -2.36. The number of hydrogen-bond acceptors (Lipinski definition) is 9. The molecule has 0 atom stereocenters. The van der Waals surface area contributed by atoms with E-state index in [1.807, 2.05) is 75.8 Å². The van der Waals surface area contributed by atoms with Crippen molar-refractivity contribution < 1.29 is 33.3 Å². The van der Waals surface area contributed by atoms with Crippen LogP contribution in [0.4, 0.5) is 10.5 Å². The fraction of sp³-hybridized carbons (Fsp3) is 0.408. The topological polar surface area (TPSA) is 110 Å². The zero-order chi connectivity index (χ0) is 42.5. The Balaban J connectivity index is 1.06. The van der Waals surface area contributed by atoms with Crippen molar-refractivity contribution in [1.29, 1.82) is 0 Å². The first-order chi connectivity index (χ1) is 29.6. The van der Waals surface area contributed by atoms with Crippen LogP contribution in [-0.2, 0) is 47.4 Å². The third-order valence-corrected chi connectivity index (χ3v) is 11.4. The van der Waals surface area contributed by atoms with Crippen LogP contribution in [0.25, 0.3) is 32.8 Å². The smallest absolute Gasteiger partial charge is 0.410 e. The Kier molecular flexibility index (Phi) is 12.5. The zero-order valence-corrected chi connectivity index (χ0v) is 36.1. The zero-order valence-electron chi connectivity index (χ0n) is 36.1. The third-order valence-electron chi connectivity index (χ3n) is 11.4. The maximum absolute atomic E-state index is 14.0. The summed E-state index contributed by atoms with van der Waals surface area (Å²) < 4.78 is 34.5. The van der Waals surface area contributed by atoms with Gasteiger partial charge in [0, 0.05) is 74.0 Å². The van der Waals surface area contributed by atoms with Crippen LogP contribution in [-0.4, -0.2) is 82.9 Å². The van der Waals surface area contributed by atoms with Gasteiger partial charge in [-0.3, -0.25) is 4.68 Å². The van der Waals surface area contributed by atoms with Gasteiger partial charge in [-0.2, -0.15) is 5.10 Å². The molecule has 8 rings (SSSR count). The van der Waals surface area contributed by atoms with E-state index in [2.05, 4.69) is 58.0 Å². The number of aryl methyl sites for hydroxylation is 3. The number of nitrogens with zero attached hydrogens (tertiary/aromatic N) is 5. The van der Waals surface area contributed by atoms with Crippen LogP contribution in [0, 0.1) is 0 Å². The Morgan fingerprint density at radius 1 is 0.836 bits per heavy atom. The van der Waals surface area contributed by atoms with E-state index in [-0.39, 0.29) is 25.3 Å². The fourth-order valence-electron chi connectivity index (χ4n) is 8.56. The molecule has 1 fully saturated rings. The average Bonchev–Trinajstić information content (AvgIpc) is 3.74. The Morgan fingerprint density at radius 3 is 2.38 bits per heavy atom. The number of carbonyl (C=O) groups is 2. The van der Waals surface area contributed by atoms with Crippen molar-refractivity contribution in [1.82, 2.24) is 19.2 Å². The van der Waals surface area contributed by atoms with Gasteiger partial charge in [-0.1, -0.05) is 54.6 Å². The van der Waals surface area contributed by atoms with Crippen LogP contribution in [0.2, 0.25) is 0 Å². The second-order valence-electron chi connectivity index (χ2n) is 16.7. The molecule has 0 aliphatic carbocycles. The molecule has 0 saturated carbocycles. The summed E-state index contributed by atoms with van der Waals surface area (Å²) in [6, 6.07) is 28.8. The van der Waals surface area contributed by atoms with Gasteiger partial charge >= 0.3 is 12.1 Å². The number of amides is 1. The van der Waals surface area contributed by atoms with Crippen molar-refractivity contribution in [2.45, 2.75) is 78.7 Å². The summed E-state index contributed by atoms with van der Waals surface area (Å²) in [4.78, 5) is 30.6. The molecule has 4 aromatic carbocycles. The summed E-state index contributed by atoms with van der Waals surface area (Å²) in [6.07, 6.45) is 2.77. The molecule has 2 aromatic heterocycles. The predicted molar refractivity (Wildman–Crippen MR) is 238 cm³/mol. The first-order valence-electron chi connectivity index (χ1n) is 21.6. The summed E-state index contributed by atoms with van der Waals surface area (Å²) in [5.74, 6) is 1.27. The van der Waals surface area contributed by atoms with Crippen LogP contribution in [0.3, 0.4) is 0 Å². The Bertz CT molecular complexity index is 2490. The number of esters is 1. The Hall–Kier alpha value is -6.01. The highest BCUT2D eigenvalue weighted by molar-refractivity contribution is 6.05. The molecule has 2 aliphatic heterocycles. The summed E-state index contributed by atoms with van der Waals surface area (Å²) in [5.41, 5.74) is 6.78. The molecule has 1 amide bonds. The van der Waals surface area contributed by atoms with Gasteiger partial charge in [0.25, 0.3) is 0 Å². The van der Waals surface area contributed by atoms with Gasteiger partial charge < -0.3 is 38.1 Å².